The van der Waals surface area contributed by atoms with Crippen LogP contribution in [0.5, 0.6) is 0 Å². The molecule has 1 rings (SSSR count). The van der Waals surface area contributed by atoms with E-state index in [0.29, 0.717) is 5.41 Å². The molecule has 0 aliphatic heterocycles. The van der Waals surface area contributed by atoms with Crippen LogP contribution >= 0.6 is 0 Å². The topological polar surface area (TPSA) is 0 Å². The molecule has 0 radical (unpaired) electrons. The van der Waals surface area contributed by atoms with Crippen LogP contribution in [0, 0.1) is 11.3 Å². The van der Waals surface area contributed by atoms with Gasteiger partial charge in [0.05, 0.1) is 0 Å². The number of hydrogen-bond acceptors (Lipinski definition) is 0. The minimum atomic E-state index is 0.472. The Hall–Kier alpha value is -0.260. The molecule has 0 aromatic rings. The van der Waals surface area contributed by atoms with E-state index in [2.05, 4.69) is 27.4 Å². The summed E-state index contributed by atoms with van der Waals surface area (Å²) in [4.78, 5) is 0. The van der Waals surface area contributed by atoms with Crippen LogP contribution in [0.3, 0.4) is 0 Å². The third kappa shape index (κ3) is 0.425. The fourth-order valence-electron chi connectivity index (χ4n) is 0.874. The largest absolute Gasteiger partial charge is 0.0990 e. The average molecular weight is 96.2 g/mol. The smallest absolute Gasteiger partial charge is 0.00815 e. The van der Waals surface area contributed by atoms with Crippen molar-refractivity contribution in [3.63, 3.8) is 0 Å². The SMILES string of the molecule is C=C1C(C)C1(C)C. The summed E-state index contributed by atoms with van der Waals surface area (Å²) in [7, 11) is 0. The van der Waals surface area contributed by atoms with Crippen molar-refractivity contribution >= 4 is 0 Å². The summed E-state index contributed by atoms with van der Waals surface area (Å²) in [5, 5.41) is 0. The maximum absolute atomic E-state index is 3.90. The lowest BCUT2D eigenvalue weighted by Crippen LogP contribution is -1.83. The van der Waals surface area contributed by atoms with Gasteiger partial charge in [0.2, 0.25) is 0 Å². The minimum Gasteiger partial charge on any atom is -0.0990 e. The van der Waals surface area contributed by atoms with Crippen LogP contribution in [0.25, 0.3) is 0 Å². The molecule has 1 aliphatic carbocycles. The summed E-state index contributed by atoms with van der Waals surface area (Å²) in [5.74, 6) is 0.771. The third-order valence-electron chi connectivity index (χ3n) is 2.35. The van der Waals surface area contributed by atoms with Gasteiger partial charge in [0.1, 0.15) is 0 Å². The first-order chi connectivity index (χ1) is 3.07. The lowest BCUT2D eigenvalue weighted by Gasteiger charge is -1.91. The molecule has 1 atom stereocenters. The van der Waals surface area contributed by atoms with E-state index in [0.717, 1.165) is 5.92 Å². The van der Waals surface area contributed by atoms with Crippen molar-refractivity contribution in [2.75, 3.05) is 0 Å². The van der Waals surface area contributed by atoms with Gasteiger partial charge in [-0.25, -0.2) is 0 Å². The first-order valence-corrected chi connectivity index (χ1v) is 2.76. The summed E-state index contributed by atoms with van der Waals surface area (Å²) in [5.41, 5.74) is 1.88. The summed E-state index contributed by atoms with van der Waals surface area (Å²) >= 11 is 0. The normalized spacial score (nSPS) is 35.9. The summed E-state index contributed by atoms with van der Waals surface area (Å²) in [6, 6.07) is 0. The lowest BCUT2D eigenvalue weighted by molar-refractivity contribution is 0.596. The molecule has 1 unspecified atom stereocenters. The second kappa shape index (κ2) is 0.936. The van der Waals surface area contributed by atoms with Crippen LogP contribution in [0.4, 0.5) is 0 Å². The maximum Gasteiger partial charge on any atom is -0.00815 e. The van der Waals surface area contributed by atoms with E-state index in [1.807, 2.05) is 0 Å². The second-order valence-electron chi connectivity index (χ2n) is 2.97. The summed E-state index contributed by atoms with van der Waals surface area (Å²) in [6.07, 6.45) is 0. The Kier molecular flexibility index (Phi) is 0.653. The first-order valence-electron chi connectivity index (χ1n) is 2.76. The second-order valence-corrected chi connectivity index (χ2v) is 2.97. The molecule has 40 valence electrons. The van der Waals surface area contributed by atoms with Crippen molar-refractivity contribution in [3.05, 3.63) is 12.2 Å². The van der Waals surface area contributed by atoms with Gasteiger partial charge < -0.3 is 0 Å². The quantitative estimate of drug-likeness (QED) is 0.406. The molecule has 7 heavy (non-hydrogen) atoms. The molecule has 0 amide bonds. The number of hydrogen-bond donors (Lipinski definition) is 0. The maximum atomic E-state index is 3.90. The molecule has 0 aromatic carbocycles. The van der Waals surface area contributed by atoms with Crippen LogP contribution in [-0.2, 0) is 0 Å². The van der Waals surface area contributed by atoms with Gasteiger partial charge in [-0.05, 0) is 11.3 Å². The fourth-order valence-corrected chi connectivity index (χ4v) is 0.874. The molecule has 0 heteroatoms. The van der Waals surface area contributed by atoms with E-state index < -0.39 is 0 Å². The van der Waals surface area contributed by atoms with Crippen LogP contribution in [0.2, 0.25) is 0 Å². The molecule has 0 saturated heterocycles. The highest BCUT2D eigenvalue weighted by Gasteiger charge is 2.46. The first kappa shape index (κ1) is 4.89. The molecular weight excluding hydrogens is 84.1 g/mol. The van der Waals surface area contributed by atoms with Gasteiger partial charge in [-0.3, -0.25) is 0 Å². The van der Waals surface area contributed by atoms with E-state index in [1.54, 1.807) is 0 Å². The third-order valence-corrected chi connectivity index (χ3v) is 2.35. The van der Waals surface area contributed by atoms with E-state index >= 15 is 0 Å². The molecular formula is C7H12. The van der Waals surface area contributed by atoms with E-state index in [9.17, 15) is 0 Å². The van der Waals surface area contributed by atoms with Crippen LogP contribution in [-0.4, -0.2) is 0 Å². The molecule has 0 N–H and O–H groups in total. The molecule has 1 fully saturated rings. The monoisotopic (exact) mass is 96.1 g/mol. The van der Waals surface area contributed by atoms with Gasteiger partial charge in [-0.2, -0.15) is 0 Å². The van der Waals surface area contributed by atoms with Crippen LogP contribution in [0.1, 0.15) is 20.8 Å². The Morgan fingerprint density at radius 2 is 1.71 bits per heavy atom. The van der Waals surface area contributed by atoms with Crippen LogP contribution < -0.4 is 0 Å². The van der Waals surface area contributed by atoms with Gasteiger partial charge in [0, 0.05) is 0 Å². The van der Waals surface area contributed by atoms with Gasteiger partial charge in [0.15, 0.2) is 0 Å². The standard InChI is InChI=1S/C7H12/c1-5-6(2)7(5,3)4/h6H,1H2,2-4H3. The molecule has 0 aromatic heterocycles. The molecule has 0 spiro atoms. The molecule has 0 heterocycles. The van der Waals surface area contributed by atoms with Crippen molar-refractivity contribution in [1.82, 2.24) is 0 Å². The highest BCUT2D eigenvalue weighted by Crippen LogP contribution is 2.55. The number of allylic oxidation sites excluding steroid dienone is 1. The van der Waals surface area contributed by atoms with Crippen molar-refractivity contribution in [2.45, 2.75) is 20.8 Å². The zero-order chi connectivity index (χ0) is 5.65. The zero-order valence-electron chi connectivity index (χ0n) is 5.28. The summed E-state index contributed by atoms with van der Waals surface area (Å²) in [6.45, 7) is 10.6. The van der Waals surface area contributed by atoms with Crippen molar-refractivity contribution in [1.29, 1.82) is 0 Å². The highest BCUT2D eigenvalue weighted by molar-refractivity contribution is 5.30. The molecule has 0 bridgehead atoms. The zero-order valence-corrected chi connectivity index (χ0v) is 5.28. The van der Waals surface area contributed by atoms with Crippen molar-refractivity contribution in [3.8, 4) is 0 Å². The average Bonchev–Trinajstić information content (AvgIpc) is 1.91. The molecule has 1 saturated carbocycles. The van der Waals surface area contributed by atoms with E-state index in [-0.39, 0.29) is 0 Å². The molecule has 0 nitrogen and oxygen atoms in total. The molecule has 1 aliphatic rings. The lowest BCUT2D eigenvalue weighted by atomic mass is 10.1. The Morgan fingerprint density at radius 1 is 1.57 bits per heavy atom. The Bertz CT molecular complexity index is 109. The van der Waals surface area contributed by atoms with Gasteiger partial charge in [-0.1, -0.05) is 32.9 Å². The van der Waals surface area contributed by atoms with Gasteiger partial charge >= 0.3 is 0 Å². The Balaban J connectivity index is 2.70. The minimum absolute atomic E-state index is 0.472. The van der Waals surface area contributed by atoms with Crippen molar-refractivity contribution < 1.29 is 0 Å². The predicted octanol–water partition coefficient (Wildman–Crippen LogP) is 2.22. The Morgan fingerprint density at radius 3 is 1.71 bits per heavy atom. The highest BCUT2D eigenvalue weighted by atomic mass is 14.5. The van der Waals surface area contributed by atoms with E-state index in [4.69, 9.17) is 0 Å². The fraction of sp³-hybridized carbons (Fsp3) is 0.714. The Labute approximate surface area is 45.2 Å². The van der Waals surface area contributed by atoms with Crippen molar-refractivity contribution in [2.24, 2.45) is 11.3 Å². The van der Waals surface area contributed by atoms with Crippen LogP contribution in [0.15, 0.2) is 12.2 Å². The summed E-state index contributed by atoms with van der Waals surface area (Å²) < 4.78 is 0. The van der Waals surface area contributed by atoms with E-state index in [1.165, 1.54) is 5.57 Å². The van der Waals surface area contributed by atoms with Gasteiger partial charge in [0.25, 0.3) is 0 Å². The van der Waals surface area contributed by atoms with Gasteiger partial charge in [-0.15, -0.1) is 0 Å². The predicted molar refractivity (Wildman–Crippen MR) is 32.1 cm³/mol. The number of rotatable bonds is 0.